The van der Waals surface area contributed by atoms with Gasteiger partial charge < -0.3 is 10.5 Å². The van der Waals surface area contributed by atoms with E-state index in [1.165, 1.54) is 0 Å². The van der Waals surface area contributed by atoms with Crippen molar-refractivity contribution < 1.29 is 17.9 Å². The Morgan fingerprint density at radius 2 is 1.64 bits per heavy atom. The highest BCUT2D eigenvalue weighted by Crippen LogP contribution is 2.64. The van der Waals surface area contributed by atoms with Crippen molar-refractivity contribution in [3.05, 3.63) is 66.2 Å². The van der Waals surface area contributed by atoms with E-state index in [9.17, 15) is 13.2 Å². The lowest BCUT2D eigenvalue weighted by Gasteiger charge is -2.14. The highest BCUT2D eigenvalue weighted by Gasteiger charge is 2.75. The quantitative estimate of drug-likeness (QED) is 0.799. The molecule has 132 valence electrons. The molecule has 5 nitrogen and oxygen atoms in total. The number of hydrogen-bond donors (Lipinski definition) is 1. The molecule has 25 heavy (non-hydrogen) atoms. The molecule has 0 spiro atoms. The third-order valence-corrected chi connectivity index (χ3v) is 7.10. The minimum atomic E-state index is -3.73. The van der Waals surface area contributed by atoms with Gasteiger partial charge in [0, 0.05) is 12.5 Å². The number of benzene rings is 2. The summed E-state index contributed by atoms with van der Waals surface area (Å²) < 4.78 is 31.6. The number of carbonyl (C=O) groups excluding carboxylic acids is 1. The van der Waals surface area contributed by atoms with E-state index >= 15 is 0 Å². The van der Waals surface area contributed by atoms with Crippen molar-refractivity contribution >= 4 is 15.8 Å². The molecule has 3 rings (SSSR count). The van der Waals surface area contributed by atoms with Gasteiger partial charge in [-0.25, -0.2) is 8.42 Å². The van der Waals surface area contributed by atoms with Crippen LogP contribution in [0.15, 0.2) is 65.6 Å². The van der Waals surface area contributed by atoms with Gasteiger partial charge in [0.2, 0.25) is 0 Å². The second-order valence-electron chi connectivity index (χ2n) is 6.13. The van der Waals surface area contributed by atoms with Crippen molar-refractivity contribution in [2.75, 3.05) is 13.2 Å². The average Bonchev–Trinajstić information content (AvgIpc) is 3.35. The lowest BCUT2D eigenvalue weighted by atomic mass is 9.99. The van der Waals surface area contributed by atoms with Gasteiger partial charge in [-0.2, -0.15) is 0 Å². The fraction of sp³-hybridized carbons (Fsp3) is 0.316. The van der Waals surface area contributed by atoms with Gasteiger partial charge in [-0.05, 0) is 24.6 Å². The Morgan fingerprint density at radius 1 is 1.08 bits per heavy atom. The molecule has 1 aliphatic rings. The maximum absolute atomic E-state index is 13.2. The number of carbonyl (C=O) groups is 1. The largest absolute Gasteiger partial charge is 0.465 e. The Labute approximate surface area is 147 Å². The molecule has 0 amide bonds. The van der Waals surface area contributed by atoms with E-state index in [0.29, 0.717) is 0 Å². The zero-order chi connectivity index (χ0) is 18.1. The molecule has 3 atom stereocenters. The molecule has 0 radical (unpaired) electrons. The standard InChI is InChI=1S/C19H21NO4S/c1-2-24-18(21)19(13-20)16(14-9-5-3-6-10-14)17(19)25(22,23)15-11-7-4-8-12-15/h3-12,16-17H,2,13,20H2,1H3/t16-,17+,19+/m1/s1. The lowest BCUT2D eigenvalue weighted by Crippen LogP contribution is -2.33. The second-order valence-corrected chi connectivity index (χ2v) is 8.20. The molecule has 6 heteroatoms. The number of rotatable bonds is 6. The average molecular weight is 359 g/mol. The maximum atomic E-state index is 13.2. The number of ether oxygens (including phenoxy) is 1. The molecule has 0 heterocycles. The van der Waals surface area contributed by atoms with Crippen LogP contribution in [0.25, 0.3) is 0 Å². The van der Waals surface area contributed by atoms with E-state index in [4.69, 9.17) is 10.5 Å². The van der Waals surface area contributed by atoms with Crippen molar-refractivity contribution in [1.82, 2.24) is 0 Å². The van der Waals surface area contributed by atoms with Crippen molar-refractivity contribution in [1.29, 1.82) is 0 Å². The van der Waals surface area contributed by atoms with Crippen LogP contribution in [0.1, 0.15) is 18.4 Å². The molecule has 2 N–H and O–H groups in total. The molecule has 0 aromatic heterocycles. The fourth-order valence-electron chi connectivity index (χ4n) is 3.59. The Morgan fingerprint density at radius 3 is 2.16 bits per heavy atom. The van der Waals surface area contributed by atoms with Crippen molar-refractivity contribution in [2.45, 2.75) is 23.0 Å². The Kier molecular flexibility index (Phi) is 4.67. The van der Waals surface area contributed by atoms with Crippen LogP contribution in [-0.2, 0) is 19.4 Å². The normalized spacial score (nSPS) is 25.4. The summed E-state index contributed by atoms with van der Waals surface area (Å²) >= 11 is 0. The molecule has 1 aliphatic carbocycles. The van der Waals surface area contributed by atoms with E-state index in [0.717, 1.165) is 5.56 Å². The summed E-state index contributed by atoms with van der Waals surface area (Å²) in [7, 11) is -3.73. The second kappa shape index (κ2) is 6.61. The van der Waals surface area contributed by atoms with Gasteiger partial charge in [0.1, 0.15) is 5.41 Å². The van der Waals surface area contributed by atoms with Crippen LogP contribution < -0.4 is 5.73 Å². The minimum absolute atomic E-state index is 0.0812. The molecule has 2 aromatic rings. The summed E-state index contributed by atoms with van der Waals surface area (Å²) in [6, 6.07) is 17.3. The van der Waals surface area contributed by atoms with Gasteiger partial charge in [0.25, 0.3) is 0 Å². The van der Waals surface area contributed by atoms with Gasteiger partial charge in [-0.1, -0.05) is 48.5 Å². The molecule has 1 saturated carbocycles. The fourth-order valence-corrected chi connectivity index (χ4v) is 5.99. The predicted molar refractivity (Wildman–Crippen MR) is 94.7 cm³/mol. The van der Waals surface area contributed by atoms with Crippen LogP contribution in [0.4, 0.5) is 0 Å². The van der Waals surface area contributed by atoms with Crippen LogP contribution in [0, 0.1) is 5.41 Å². The Balaban J connectivity index is 2.11. The van der Waals surface area contributed by atoms with Crippen LogP contribution in [0.2, 0.25) is 0 Å². The molecule has 0 aliphatic heterocycles. The smallest absolute Gasteiger partial charge is 0.315 e. The number of sulfone groups is 1. The summed E-state index contributed by atoms with van der Waals surface area (Å²) in [5, 5.41) is -0.922. The third kappa shape index (κ3) is 2.75. The first kappa shape index (κ1) is 17.6. The summed E-state index contributed by atoms with van der Waals surface area (Å²) in [5.41, 5.74) is 5.47. The summed E-state index contributed by atoms with van der Waals surface area (Å²) in [6.45, 7) is 1.80. The Hall–Kier alpha value is -2.18. The highest BCUT2D eigenvalue weighted by molar-refractivity contribution is 7.92. The van der Waals surface area contributed by atoms with Crippen molar-refractivity contribution in [2.24, 2.45) is 11.1 Å². The van der Waals surface area contributed by atoms with Gasteiger partial charge in [0.05, 0.1) is 16.8 Å². The van der Waals surface area contributed by atoms with E-state index < -0.39 is 32.4 Å². The zero-order valence-electron chi connectivity index (χ0n) is 14.0. The number of hydrogen-bond acceptors (Lipinski definition) is 5. The molecule has 2 aromatic carbocycles. The lowest BCUT2D eigenvalue weighted by molar-refractivity contribution is -0.149. The van der Waals surface area contributed by atoms with E-state index in [1.807, 2.05) is 30.3 Å². The van der Waals surface area contributed by atoms with Crippen LogP contribution in [0.5, 0.6) is 0 Å². The summed E-state index contributed by atoms with van der Waals surface area (Å²) in [6.07, 6.45) is 0. The summed E-state index contributed by atoms with van der Waals surface area (Å²) in [5.74, 6) is -1.06. The maximum Gasteiger partial charge on any atom is 0.315 e. The molecule has 1 fully saturated rings. The number of nitrogens with two attached hydrogens (primary N) is 1. The first-order valence-electron chi connectivity index (χ1n) is 8.21. The van der Waals surface area contributed by atoms with Gasteiger partial charge in [-0.3, -0.25) is 4.79 Å². The van der Waals surface area contributed by atoms with Crippen molar-refractivity contribution in [3.8, 4) is 0 Å². The first-order chi connectivity index (χ1) is 12.0. The van der Waals surface area contributed by atoms with Crippen molar-refractivity contribution in [3.63, 3.8) is 0 Å². The number of esters is 1. The monoisotopic (exact) mass is 359 g/mol. The molecular formula is C19H21NO4S. The van der Waals surface area contributed by atoms with Gasteiger partial charge >= 0.3 is 5.97 Å². The van der Waals surface area contributed by atoms with Crippen LogP contribution in [0.3, 0.4) is 0 Å². The minimum Gasteiger partial charge on any atom is -0.465 e. The van der Waals surface area contributed by atoms with Crippen LogP contribution in [-0.4, -0.2) is 32.8 Å². The SMILES string of the molecule is CCOC(=O)[C@@]1(CN)[C@H](c2ccccc2)[C@@H]1S(=O)(=O)c1ccccc1. The molecule has 0 unspecified atom stereocenters. The van der Waals surface area contributed by atoms with E-state index in [-0.39, 0.29) is 18.0 Å². The molecule has 0 bridgehead atoms. The first-order valence-corrected chi connectivity index (χ1v) is 9.76. The molecule has 0 saturated heterocycles. The van der Waals surface area contributed by atoms with E-state index in [1.54, 1.807) is 37.3 Å². The van der Waals surface area contributed by atoms with Gasteiger partial charge in [-0.15, -0.1) is 0 Å². The zero-order valence-corrected chi connectivity index (χ0v) is 14.8. The van der Waals surface area contributed by atoms with E-state index in [2.05, 4.69) is 0 Å². The Bertz CT molecular complexity index is 852. The van der Waals surface area contributed by atoms with Gasteiger partial charge in [0.15, 0.2) is 9.84 Å². The molecular weight excluding hydrogens is 338 g/mol. The highest BCUT2D eigenvalue weighted by atomic mass is 32.2. The topological polar surface area (TPSA) is 86.5 Å². The summed E-state index contributed by atoms with van der Waals surface area (Å²) in [4.78, 5) is 12.9. The third-order valence-electron chi connectivity index (χ3n) is 4.81. The van der Waals surface area contributed by atoms with Crippen LogP contribution >= 0.6 is 0 Å². The predicted octanol–water partition coefficient (Wildman–Crippen LogP) is 2.13.